The Hall–Kier alpha value is -1.67. The highest BCUT2D eigenvalue weighted by Crippen LogP contribution is 2.11. The van der Waals surface area contributed by atoms with Crippen molar-refractivity contribution in [3.63, 3.8) is 0 Å². The van der Waals surface area contributed by atoms with Gasteiger partial charge in [0.05, 0.1) is 4.92 Å². The summed E-state index contributed by atoms with van der Waals surface area (Å²) < 4.78 is 1.42. The van der Waals surface area contributed by atoms with E-state index in [1.165, 1.54) is 17.1 Å². The van der Waals surface area contributed by atoms with E-state index in [0.717, 1.165) is 19.5 Å². The van der Waals surface area contributed by atoms with Gasteiger partial charge in [0.25, 0.3) is 0 Å². The quantitative estimate of drug-likeness (QED) is 0.615. The predicted octanol–water partition coefficient (Wildman–Crippen LogP) is 0.717. The zero-order chi connectivity index (χ0) is 14.5. The Morgan fingerprint density at radius 3 is 3.05 bits per heavy atom. The van der Waals surface area contributed by atoms with Crippen LogP contribution in [0, 0.1) is 16.0 Å². The van der Waals surface area contributed by atoms with Crippen LogP contribution in [0.3, 0.4) is 0 Å². The molecule has 1 aromatic rings. The van der Waals surface area contributed by atoms with Gasteiger partial charge in [-0.2, -0.15) is 5.10 Å². The fraction of sp³-hybridized carbons (Fsp3) is 0.667. The number of nitrogens with one attached hydrogen (secondary N) is 2. The van der Waals surface area contributed by atoms with Crippen LogP contribution in [-0.4, -0.2) is 39.7 Å². The smallest absolute Gasteiger partial charge is 0.306 e. The maximum Gasteiger partial charge on any atom is 0.306 e. The van der Waals surface area contributed by atoms with E-state index in [1.54, 1.807) is 0 Å². The van der Waals surface area contributed by atoms with Gasteiger partial charge < -0.3 is 10.6 Å². The second-order valence-electron chi connectivity index (χ2n) is 5.11. The van der Waals surface area contributed by atoms with Gasteiger partial charge >= 0.3 is 5.69 Å². The molecular weight excluding hydrogens is 298 g/mol. The van der Waals surface area contributed by atoms with Crippen LogP contribution in [0.1, 0.15) is 19.8 Å². The normalized spacial score (nSPS) is 21.4. The van der Waals surface area contributed by atoms with Gasteiger partial charge in [-0.1, -0.05) is 6.92 Å². The SMILES string of the molecule is CC1CCNCC1NC(=O)CCn1cc([N+](=O)[O-])cn1.Cl. The predicted molar refractivity (Wildman–Crippen MR) is 79.3 cm³/mol. The van der Waals surface area contributed by atoms with Gasteiger partial charge in [-0.3, -0.25) is 19.6 Å². The number of amides is 1. The molecule has 1 amide bonds. The molecule has 1 aliphatic rings. The Balaban J connectivity index is 0.00000220. The third kappa shape index (κ3) is 4.98. The fourth-order valence-corrected chi connectivity index (χ4v) is 2.25. The number of rotatable bonds is 5. The first-order valence-corrected chi connectivity index (χ1v) is 6.73. The Bertz CT molecular complexity index is 493. The van der Waals surface area contributed by atoms with Crippen molar-refractivity contribution in [2.45, 2.75) is 32.4 Å². The molecule has 0 aliphatic carbocycles. The summed E-state index contributed by atoms with van der Waals surface area (Å²) in [5.41, 5.74) is -0.0597. The average Bonchev–Trinajstić information content (AvgIpc) is 2.88. The Labute approximate surface area is 128 Å². The van der Waals surface area contributed by atoms with Crippen LogP contribution in [0.25, 0.3) is 0 Å². The average molecular weight is 318 g/mol. The fourth-order valence-electron chi connectivity index (χ4n) is 2.25. The largest absolute Gasteiger partial charge is 0.352 e. The first kappa shape index (κ1) is 17.4. The molecule has 8 nitrogen and oxygen atoms in total. The molecule has 1 aliphatic heterocycles. The minimum absolute atomic E-state index is 0. The first-order valence-electron chi connectivity index (χ1n) is 6.73. The molecule has 9 heteroatoms. The topological polar surface area (TPSA) is 102 Å². The summed E-state index contributed by atoms with van der Waals surface area (Å²) in [7, 11) is 0. The van der Waals surface area contributed by atoms with Gasteiger partial charge in [-0.25, -0.2) is 0 Å². The molecule has 0 radical (unpaired) electrons. The molecule has 0 spiro atoms. The van der Waals surface area contributed by atoms with E-state index in [1.807, 2.05) is 0 Å². The minimum Gasteiger partial charge on any atom is -0.352 e. The lowest BCUT2D eigenvalue weighted by atomic mass is 9.95. The number of hydrogen-bond donors (Lipinski definition) is 2. The monoisotopic (exact) mass is 317 g/mol. The van der Waals surface area contributed by atoms with E-state index in [4.69, 9.17) is 0 Å². The van der Waals surface area contributed by atoms with Gasteiger partial charge in [-0.05, 0) is 18.9 Å². The van der Waals surface area contributed by atoms with Gasteiger partial charge in [-0.15, -0.1) is 12.4 Å². The number of piperidine rings is 1. The summed E-state index contributed by atoms with van der Waals surface area (Å²) in [5.74, 6) is 0.412. The molecular formula is C12H20ClN5O3. The summed E-state index contributed by atoms with van der Waals surface area (Å²) >= 11 is 0. The Morgan fingerprint density at radius 1 is 1.67 bits per heavy atom. The summed E-state index contributed by atoms with van der Waals surface area (Å²) in [6.07, 6.45) is 3.83. The van der Waals surface area contributed by atoms with E-state index < -0.39 is 4.92 Å². The van der Waals surface area contributed by atoms with Crippen LogP contribution in [0.4, 0.5) is 5.69 Å². The zero-order valence-electron chi connectivity index (χ0n) is 11.8. The Kier molecular flexibility index (Phi) is 6.57. The molecule has 0 aromatic carbocycles. The van der Waals surface area contributed by atoms with Crippen LogP contribution >= 0.6 is 12.4 Å². The van der Waals surface area contributed by atoms with Crippen molar-refractivity contribution in [1.82, 2.24) is 20.4 Å². The van der Waals surface area contributed by atoms with Crippen molar-refractivity contribution in [1.29, 1.82) is 0 Å². The number of nitrogens with zero attached hydrogens (tertiary/aromatic N) is 3. The summed E-state index contributed by atoms with van der Waals surface area (Å²) in [4.78, 5) is 21.9. The third-order valence-electron chi connectivity index (χ3n) is 3.57. The van der Waals surface area contributed by atoms with E-state index in [0.29, 0.717) is 12.5 Å². The van der Waals surface area contributed by atoms with E-state index in [9.17, 15) is 14.9 Å². The maximum absolute atomic E-state index is 11.9. The molecule has 21 heavy (non-hydrogen) atoms. The lowest BCUT2D eigenvalue weighted by Gasteiger charge is -2.30. The lowest BCUT2D eigenvalue weighted by molar-refractivity contribution is -0.385. The summed E-state index contributed by atoms with van der Waals surface area (Å²) in [6.45, 7) is 4.25. The van der Waals surface area contributed by atoms with Crippen LogP contribution in [-0.2, 0) is 11.3 Å². The standard InChI is InChI=1S/C12H19N5O3.ClH/c1-9-2-4-13-7-11(9)15-12(18)3-5-16-8-10(6-14-16)17(19)20;/h6,8-9,11,13H,2-5,7H2,1H3,(H,15,18);1H. The second-order valence-corrected chi connectivity index (χ2v) is 5.11. The van der Waals surface area contributed by atoms with Gasteiger partial charge in [0.1, 0.15) is 12.4 Å². The molecule has 2 unspecified atom stereocenters. The highest BCUT2D eigenvalue weighted by Gasteiger charge is 2.22. The summed E-state index contributed by atoms with van der Waals surface area (Å²) in [6, 6.07) is 0.156. The molecule has 0 saturated carbocycles. The second kappa shape index (κ2) is 7.94. The molecule has 118 valence electrons. The molecule has 2 rings (SSSR count). The maximum atomic E-state index is 11.9. The van der Waals surface area contributed by atoms with E-state index in [2.05, 4.69) is 22.7 Å². The molecule has 2 N–H and O–H groups in total. The lowest BCUT2D eigenvalue weighted by Crippen LogP contribution is -2.50. The number of hydrogen-bond acceptors (Lipinski definition) is 5. The van der Waals surface area contributed by atoms with Crippen molar-refractivity contribution in [3.05, 3.63) is 22.5 Å². The van der Waals surface area contributed by atoms with Gasteiger partial charge in [0.2, 0.25) is 5.91 Å². The van der Waals surface area contributed by atoms with Crippen LogP contribution in [0.15, 0.2) is 12.4 Å². The molecule has 2 heterocycles. The zero-order valence-corrected chi connectivity index (χ0v) is 12.6. The highest BCUT2D eigenvalue weighted by molar-refractivity contribution is 5.85. The molecule has 2 atom stereocenters. The molecule has 1 aromatic heterocycles. The van der Waals surface area contributed by atoms with Crippen molar-refractivity contribution in [2.24, 2.45) is 5.92 Å². The number of aromatic nitrogens is 2. The third-order valence-corrected chi connectivity index (χ3v) is 3.57. The van der Waals surface area contributed by atoms with Crippen molar-refractivity contribution >= 4 is 24.0 Å². The van der Waals surface area contributed by atoms with Gasteiger partial charge in [0, 0.05) is 25.6 Å². The number of carbonyl (C=O) groups excluding carboxylic acids is 1. The van der Waals surface area contributed by atoms with Crippen molar-refractivity contribution < 1.29 is 9.72 Å². The first-order chi connectivity index (χ1) is 9.56. The Morgan fingerprint density at radius 2 is 2.43 bits per heavy atom. The number of aryl methyl sites for hydroxylation is 1. The van der Waals surface area contributed by atoms with Crippen molar-refractivity contribution in [2.75, 3.05) is 13.1 Å². The molecule has 1 saturated heterocycles. The van der Waals surface area contributed by atoms with Crippen LogP contribution in [0.5, 0.6) is 0 Å². The van der Waals surface area contributed by atoms with Gasteiger partial charge in [0.15, 0.2) is 0 Å². The summed E-state index contributed by atoms with van der Waals surface area (Å²) in [5, 5.41) is 20.6. The minimum atomic E-state index is -0.501. The van der Waals surface area contributed by atoms with E-state index >= 15 is 0 Å². The number of carbonyl (C=O) groups is 1. The van der Waals surface area contributed by atoms with E-state index in [-0.39, 0.29) is 36.5 Å². The molecule has 0 bridgehead atoms. The van der Waals surface area contributed by atoms with Crippen LogP contribution < -0.4 is 10.6 Å². The number of halogens is 1. The van der Waals surface area contributed by atoms with Crippen molar-refractivity contribution in [3.8, 4) is 0 Å². The highest BCUT2D eigenvalue weighted by atomic mass is 35.5. The van der Waals surface area contributed by atoms with Crippen LogP contribution in [0.2, 0.25) is 0 Å². The molecule has 1 fully saturated rings. The number of nitro groups is 1.